The lowest BCUT2D eigenvalue weighted by Crippen LogP contribution is -2.59. The van der Waals surface area contributed by atoms with Gasteiger partial charge in [-0.3, -0.25) is 0 Å². The first-order valence-corrected chi connectivity index (χ1v) is 5.53. The van der Waals surface area contributed by atoms with Crippen molar-refractivity contribution in [1.29, 1.82) is 0 Å². The number of hydroxylamine groups is 4. The van der Waals surface area contributed by atoms with Gasteiger partial charge in [-0.2, -0.15) is 9.88 Å². The van der Waals surface area contributed by atoms with Crippen molar-refractivity contribution in [1.82, 2.24) is 10.5 Å². The molecule has 0 aromatic rings. The van der Waals surface area contributed by atoms with Crippen LogP contribution in [0.4, 0.5) is 0 Å². The maximum absolute atomic E-state index is 5.88. The summed E-state index contributed by atoms with van der Waals surface area (Å²) < 4.78 is 0. The number of hydrogen-bond acceptors (Lipinski definition) is 4. The van der Waals surface area contributed by atoms with Gasteiger partial charge in [-0.1, -0.05) is 0 Å². The van der Waals surface area contributed by atoms with Crippen LogP contribution in [0.5, 0.6) is 0 Å². The molecule has 4 nitrogen and oxygen atoms in total. The van der Waals surface area contributed by atoms with E-state index in [4.69, 9.17) is 33.1 Å². The topological polar surface area (TPSA) is 24.9 Å². The Morgan fingerprint density at radius 3 is 1.29 bits per heavy atom. The molecule has 84 valence electrons. The van der Waals surface area contributed by atoms with Gasteiger partial charge in [0.2, 0.25) is 0 Å². The van der Waals surface area contributed by atoms with E-state index < -0.39 is 0 Å². The maximum Gasteiger partial charge on any atom is 0.0801 e. The second-order valence-corrected chi connectivity index (χ2v) is 4.95. The number of hydrogen-bond donors (Lipinski definition) is 0. The largest absolute Gasteiger partial charge is 0.153 e. The van der Waals surface area contributed by atoms with Crippen LogP contribution in [0.25, 0.3) is 0 Å². The molecule has 0 bridgehead atoms. The first-order chi connectivity index (χ1) is 6.43. The molecule has 0 aromatic heterocycles. The van der Waals surface area contributed by atoms with E-state index in [-0.39, 0.29) is 22.8 Å². The molecule has 0 radical (unpaired) electrons. The third kappa shape index (κ3) is 2.72. The minimum absolute atomic E-state index is 0.00532. The van der Waals surface area contributed by atoms with Crippen molar-refractivity contribution in [3.63, 3.8) is 0 Å². The van der Waals surface area contributed by atoms with Gasteiger partial charge in [-0.05, 0) is 38.1 Å². The first-order valence-electron chi connectivity index (χ1n) is 4.66. The van der Waals surface area contributed by atoms with Crippen molar-refractivity contribution in [2.45, 2.75) is 50.5 Å². The van der Waals surface area contributed by atoms with Gasteiger partial charge in [-0.25, -0.2) is 0 Å². The summed E-state index contributed by atoms with van der Waals surface area (Å²) in [5.41, 5.74) is 0. The Bertz CT molecular complexity index is 168. The minimum atomic E-state index is -0.0409. The molecule has 14 heavy (non-hydrogen) atoms. The molecule has 0 aliphatic carbocycles. The lowest BCUT2D eigenvalue weighted by molar-refractivity contribution is -0.724. The number of alkyl halides is 2. The van der Waals surface area contributed by atoms with Crippen LogP contribution in [0.1, 0.15) is 27.7 Å². The molecule has 0 aromatic carbocycles. The van der Waals surface area contributed by atoms with Crippen LogP contribution in [-0.2, 0) is 9.88 Å². The normalized spacial score (nSPS) is 27.9. The zero-order valence-corrected chi connectivity index (χ0v) is 10.3. The molecule has 0 amide bonds. The second-order valence-electron chi connectivity index (χ2n) is 3.57. The summed E-state index contributed by atoms with van der Waals surface area (Å²) in [6.07, 6.45) is 0. The number of rotatable bonds is 4. The Kier molecular flexibility index (Phi) is 4.43. The lowest BCUT2D eigenvalue weighted by Gasteiger charge is -2.44. The molecular formula is C8H16Cl2N2O2. The predicted octanol–water partition coefficient (Wildman–Crippen LogP) is 2.33. The molecule has 4 atom stereocenters. The lowest BCUT2D eigenvalue weighted by atomic mass is 10.3. The van der Waals surface area contributed by atoms with E-state index in [1.165, 1.54) is 10.5 Å². The predicted molar refractivity (Wildman–Crippen MR) is 55.4 cm³/mol. The van der Waals surface area contributed by atoms with Crippen molar-refractivity contribution in [2.75, 3.05) is 0 Å². The quantitative estimate of drug-likeness (QED) is 0.707. The van der Waals surface area contributed by atoms with Crippen LogP contribution in [0.3, 0.4) is 0 Å². The summed E-state index contributed by atoms with van der Waals surface area (Å²) in [6, 6.07) is 0.0106. The summed E-state index contributed by atoms with van der Waals surface area (Å²) >= 11 is 11.8. The minimum Gasteiger partial charge on any atom is -0.153 e. The van der Waals surface area contributed by atoms with Gasteiger partial charge >= 0.3 is 0 Å². The van der Waals surface area contributed by atoms with E-state index in [1.807, 2.05) is 27.7 Å². The van der Waals surface area contributed by atoms with Gasteiger partial charge in [0.25, 0.3) is 0 Å². The molecular weight excluding hydrogens is 227 g/mol. The Balaban J connectivity index is 2.29. The van der Waals surface area contributed by atoms with Crippen molar-refractivity contribution >= 4 is 23.2 Å². The molecule has 0 spiro atoms. The number of nitrogens with zero attached hydrogens (tertiary/aromatic N) is 2. The van der Waals surface area contributed by atoms with Crippen molar-refractivity contribution in [3.8, 4) is 0 Å². The van der Waals surface area contributed by atoms with Gasteiger partial charge in [-0.15, -0.1) is 23.2 Å². The highest BCUT2D eigenvalue weighted by molar-refractivity contribution is 6.21. The molecule has 1 fully saturated rings. The Labute approximate surface area is 94.5 Å². The first kappa shape index (κ1) is 12.5. The van der Waals surface area contributed by atoms with Crippen LogP contribution < -0.4 is 0 Å². The molecule has 1 heterocycles. The van der Waals surface area contributed by atoms with E-state index in [9.17, 15) is 0 Å². The van der Waals surface area contributed by atoms with E-state index in [1.54, 1.807) is 0 Å². The fourth-order valence-corrected chi connectivity index (χ4v) is 0.982. The molecule has 4 unspecified atom stereocenters. The standard InChI is InChI=1S/C8H16Cl2N2O2/c1-5(9)7(3)11-13-12(14-11)8(4)6(2)10/h5-8H,1-4H3. The summed E-state index contributed by atoms with van der Waals surface area (Å²) in [5, 5.41) is 2.66. The molecule has 0 saturated carbocycles. The summed E-state index contributed by atoms with van der Waals surface area (Å²) in [6.45, 7) is 7.61. The third-order valence-corrected chi connectivity index (χ3v) is 3.05. The van der Waals surface area contributed by atoms with Crippen molar-refractivity contribution in [2.24, 2.45) is 0 Å². The summed E-state index contributed by atoms with van der Waals surface area (Å²) in [7, 11) is 0. The Morgan fingerprint density at radius 1 is 0.786 bits per heavy atom. The van der Waals surface area contributed by atoms with Gasteiger partial charge < -0.3 is 0 Å². The Morgan fingerprint density at radius 2 is 1.07 bits per heavy atom. The van der Waals surface area contributed by atoms with Crippen LogP contribution >= 0.6 is 23.2 Å². The molecule has 1 aliphatic rings. The second kappa shape index (κ2) is 4.96. The SMILES string of the molecule is CC(Cl)C(C)N1ON(C(C)C(C)Cl)O1. The number of halogens is 2. The van der Waals surface area contributed by atoms with E-state index in [2.05, 4.69) is 0 Å². The molecule has 1 rings (SSSR count). The zero-order valence-electron chi connectivity index (χ0n) is 8.78. The van der Waals surface area contributed by atoms with E-state index in [0.717, 1.165) is 0 Å². The van der Waals surface area contributed by atoms with Crippen LogP contribution in [0, 0.1) is 0 Å². The summed E-state index contributed by atoms with van der Waals surface area (Å²) in [4.78, 5) is 10.5. The smallest absolute Gasteiger partial charge is 0.0801 e. The monoisotopic (exact) mass is 242 g/mol. The molecule has 0 N–H and O–H groups in total. The van der Waals surface area contributed by atoms with Crippen LogP contribution in [0.2, 0.25) is 0 Å². The molecule has 1 saturated heterocycles. The fourth-order valence-electron chi connectivity index (χ4n) is 0.798. The highest BCUT2D eigenvalue weighted by Gasteiger charge is 2.39. The fraction of sp³-hybridized carbons (Fsp3) is 1.00. The third-order valence-electron chi connectivity index (χ3n) is 2.32. The highest BCUT2D eigenvalue weighted by Crippen LogP contribution is 2.25. The Hall–Kier alpha value is 0.420. The average Bonchev–Trinajstić information content (AvgIpc) is 2.00. The van der Waals surface area contributed by atoms with Crippen LogP contribution in [-0.4, -0.2) is 33.3 Å². The van der Waals surface area contributed by atoms with E-state index >= 15 is 0 Å². The maximum atomic E-state index is 5.88. The zero-order chi connectivity index (χ0) is 10.9. The average molecular weight is 243 g/mol. The summed E-state index contributed by atoms with van der Waals surface area (Å²) in [5.74, 6) is 0. The van der Waals surface area contributed by atoms with Crippen LogP contribution in [0.15, 0.2) is 0 Å². The molecule has 6 heteroatoms. The highest BCUT2D eigenvalue weighted by atomic mass is 35.5. The van der Waals surface area contributed by atoms with Gasteiger partial charge in [0, 0.05) is 0 Å². The van der Waals surface area contributed by atoms with Gasteiger partial charge in [0.15, 0.2) is 0 Å². The van der Waals surface area contributed by atoms with Crippen molar-refractivity contribution < 1.29 is 9.88 Å². The van der Waals surface area contributed by atoms with E-state index in [0.29, 0.717) is 0 Å². The van der Waals surface area contributed by atoms with Gasteiger partial charge in [0.05, 0.1) is 22.8 Å². The molecule has 1 aliphatic heterocycles. The van der Waals surface area contributed by atoms with Crippen molar-refractivity contribution in [3.05, 3.63) is 0 Å². The van der Waals surface area contributed by atoms with Gasteiger partial charge in [0.1, 0.15) is 0 Å².